The molecule has 0 saturated carbocycles. The third-order valence-corrected chi connectivity index (χ3v) is 1.86. The molecule has 4 heteroatoms. The van der Waals surface area contributed by atoms with Crippen molar-refractivity contribution in [1.82, 2.24) is 0 Å². The maximum Gasteiger partial charge on any atom is 0.195 e. The van der Waals surface area contributed by atoms with Crippen molar-refractivity contribution in [2.45, 2.75) is 0 Å². The van der Waals surface area contributed by atoms with Gasteiger partial charge in [0.25, 0.3) is 0 Å². The van der Waals surface area contributed by atoms with E-state index in [9.17, 15) is 4.79 Å². The van der Waals surface area contributed by atoms with Crippen LogP contribution in [-0.4, -0.2) is 5.78 Å². The van der Waals surface area contributed by atoms with Crippen LogP contribution >= 0.6 is 11.6 Å². The Hall–Kier alpha value is -1.84. The van der Waals surface area contributed by atoms with E-state index in [1.807, 2.05) is 0 Å². The van der Waals surface area contributed by atoms with Crippen LogP contribution in [0.5, 0.6) is 0 Å². The fraction of sp³-hybridized carbons (Fsp3) is 0.100. The zero-order valence-corrected chi connectivity index (χ0v) is 7.82. The van der Waals surface area contributed by atoms with E-state index in [1.165, 1.54) is 12.1 Å². The lowest BCUT2D eigenvalue weighted by Gasteiger charge is -1.99. The summed E-state index contributed by atoms with van der Waals surface area (Å²) in [4.78, 5) is 11.5. The lowest BCUT2D eigenvalue weighted by Crippen LogP contribution is -2.10. The van der Waals surface area contributed by atoms with E-state index in [-0.39, 0.29) is 5.56 Å². The van der Waals surface area contributed by atoms with Crippen LogP contribution in [0.1, 0.15) is 10.4 Å². The summed E-state index contributed by atoms with van der Waals surface area (Å²) < 4.78 is 0. The molecule has 0 atom stereocenters. The Bertz CT molecular complexity index is 428. The van der Waals surface area contributed by atoms with Gasteiger partial charge in [-0.3, -0.25) is 4.79 Å². The predicted octanol–water partition coefficient (Wildman–Crippen LogP) is 2.19. The smallest absolute Gasteiger partial charge is 0.195 e. The molecule has 0 bridgehead atoms. The van der Waals surface area contributed by atoms with E-state index < -0.39 is 11.7 Å². The molecule has 14 heavy (non-hydrogen) atoms. The molecule has 1 aromatic carbocycles. The fourth-order valence-corrected chi connectivity index (χ4v) is 1.14. The summed E-state index contributed by atoms with van der Waals surface area (Å²) >= 11 is 5.66. The molecule has 0 fully saturated rings. The molecule has 1 rings (SSSR count). The van der Waals surface area contributed by atoms with Crippen molar-refractivity contribution < 1.29 is 4.79 Å². The maximum absolute atomic E-state index is 11.5. The molecule has 0 N–H and O–H groups in total. The third-order valence-electron chi connectivity index (χ3n) is 1.63. The molecule has 0 amide bonds. The fourth-order valence-electron chi connectivity index (χ4n) is 0.955. The molecular formula is C10H5ClN2O. The highest BCUT2D eigenvalue weighted by molar-refractivity contribution is 6.31. The first-order valence-corrected chi connectivity index (χ1v) is 4.16. The molecule has 0 unspecified atom stereocenters. The first kappa shape index (κ1) is 10.2. The molecule has 0 aromatic heterocycles. The van der Waals surface area contributed by atoms with Crippen molar-refractivity contribution in [3.8, 4) is 12.1 Å². The van der Waals surface area contributed by atoms with Crippen molar-refractivity contribution in [3.05, 3.63) is 34.9 Å². The lowest BCUT2D eigenvalue weighted by atomic mass is 10.0. The summed E-state index contributed by atoms with van der Waals surface area (Å²) in [6, 6.07) is 9.41. The predicted molar refractivity (Wildman–Crippen MR) is 50.5 cm³/mol. The van der Waals surface area contributed by atoms with Gasteiger partial charge in [-0.15, -0.1) is 0 Å². The molecule has 68 valence electrons. The number of rotatable bonds is 2. The van der Waals surface area contributed by atoms with E-state index in [0.717, 1.165) is 0 Å². The highest BCUT2D eigenvalue weighted by atomic mass is 35.5. The zero-order valence-electron chi connectivity index (χ0n) is 7.07. The summed E-state index contributed by atoms with van der Waals surface area (Å²) in [6.45, 7) is 0. The Morgan fingerprint density at radius 2 is 2.00 bits per heavy atom. The SMILES string of the molecule is N#CC(C#N)C(=O)c1cccc(Cl)c1. The number of carbonyl (C=O) groups excluding carboxylic acids is 1. The number of benzene rings is 1. The van der Waals surface area contributed by atoms with Gasteiger partial charge in [0, 0.05) is 10.6 Å². The molecule has 0 heterocycles. The molecule has 0 spiro atoms. The van der Waals surface area contributed by atoms with Crippen molar-refractivity contribution in [2.75, 3.05) is 0 Å². The zero-order chi connectivity index (χ0) is 10.6. The second kappa shape index (κ2) is 4.41. The van der Waals surface area contributed by atoms with E-state index in [1.54, 1.807) is 24.3 Å². The van der Waals surface area contributed by atoms with Crippen molar-refractivity contribution in [1.29, 1.82) is 10.5 Å². The van der Waals surface area contributed by atoms with Gasteiger partial charge >= 0.3 is 0 Å². The van der Waals surface area contributed by atoms with Crippen molar-refractivity contribution in [2.24, 2.45) is 5.92 Å². The van der Waals surface area contributed by atoms with E-state index >= 15 is 0 Å². The lowest BCUT2D eigenvalue weighted by molar-refractivity contribution is 0.0971. The average molecular weight is 205 g/mol. The molecule has 0 aliphatic carbocycles. The number of hydrogen-bond acceptors (Lipinski definition) is 3. The number of ketones is 1. The summed E-state index contributed by atoms with van der Waals surface area (Å²) in [5.41, 5.74) is 0.283. The number of carbonyl (C=O) groups is 1. The Labute approximate surface area is 86.1 Å². The number of Topliss-reactive ketones (excluding diaryl/α,β-unsaturated/α-hetero) is 1. The largest absolute Gasteiger partial charge is 0.291 e. The Morgan fingerprint density at radius 3 is 2.50 bits per heavy atom. The van der Waals surface area contributed by atoms with Crippen LogP contribution in [0, 0.1) is 28.6 Å². The molecule has 0 aliphatic rings. The van der Waals surface area contributed by atoms with Gasteiger partial charge in [-0.2, -0.15) is 10.5 Å². The van der Waals surface area contributed by atoms with Crippen LogP contribution in [0.4, 0.5) is 0 Å². The summed E-state index contributed by atoms with van der Waals surface area (Å²) in [5.74, 6) is -1.77. The van der Waals surface area contributed by atoms with Gasteiger partial charge in [-0.05, 0) is 12.1 Å². The first-order valence-electron chi connectivity index (χ1n) is 3.78. The quantitative estimate of drug-likeness (QED) is 0.694. The van der Waals surface area contributed by atoms with Crippen LogP contribution in [0.3, 0.4) is 0 Å². The average Bonchev–Trinajstić information content (AvgIpc) is 2.19. The number of nitriles is 2. The number of halogens is 1. The minimum Gasteiger partial charge on any atom is -0.291 e. The van der Waals surface area contributed by atoms with E-state index in [4.69, 9.17) is 22.1 Å². The van der Waals surface area contributed by atoms with Crippen LogP contribution < -0.4 is 0 Å². The first-order chi connectivity index (χ1) is 6.69. The van der Waals surface area contributed by atoms with Crippen LogP contribution in [-0.2, 0) is 0 Å². The normalized spacial score (nSPS) is 9.14. The highest BCUT2D eigenvalue weighted by Gasteiger charge is 2.18. The van der Waals surface area contributed by atoms with Crippen LogP contribution in [0.2, 0.25) is 5.02 Å². The molecular weight excluding hydrogens is 200 g/mol. The summed E-state index contributed by atoms with van der Waals surface area (Å²) in [5, 5.41) is 17.4. The van der Waals surface area contributed by atoms with E-state index in [0.29, 0.717) is 5.02 Å². The van der Waals surface area contributed by atoms with Gasteiger partial charge in [-0.25, -0.2) is 0 Å². The monoisotopic (exact) mass is 204 g/mol. The maximum atomic E-state index is 11.5. The minimum absolute atomic E-state index is 0.283. The standard InChI is InChI=1S/C10H5ClN2O/c11-9-3-1-2-7(4-9)10(14)8(5-12)6-13/h1-4,8H. The topological polar surface area (TPSA) is 64.7 Å². The molecule has 0 saturated heterocycles. The Kier molecular flexibility index (Phi) is 3.23. The van der Waals surface area contributed by atoms with Gasteiger partial charge < -0.3 is 0 Å². The Morgan fingerprint density at radius 1 is 1.36 bits per heavy atom. The van der Waals surface area contributed by atoms with Crippen molar-refractivity contribution in [3.63, 3.8) is 0 Å². The van der Waals surface area contributed by atoms with E-state index in [2.05, 4.69) is 0 Å². The van der Waals surface area contributed by atoms with Gasteiger partial charge in [0.05, 0.1) is 12.1 Å². The molecule has 3 nitrogen and oxygen atoms in total. The molecule has 0 radical (unpaired) electrons. The summed E-state index contributed by atoms with van der Waals surface area (Å²) in [6.07, 6.45) is 0. The second-order valence-electron chi connectivity index (χ2n) is 2.57. The molecule has 0 aliphatic heterocycles. The van der Waals surface area contributed by atoms with Gasteiger partial charge in [0.15, 0.2) is 11.7 Å². The molecule has 1 aromatic rings. The minimum atomic E-state index is -1.26. The number of hydrogen-bond donors (Lipinski definition) is 0. The van der Waals surface area contributed by atoms with Gasteiger partial charge in [-0.1, -0.05) is 23.7 Å². The second-order valence-corrected chi connectivity index (χ2v) is 3.00. The number of nitrogens with zero attached hydrogens (tertiary/aromatic N) is 2. The van der Waals surface area contributed by atoms with Gasteiger partial charge in [0.2, 0.25) is 0 Å². The van der Waals surface area contributed by atoms with Crippen molar-refractivity contribution >= 4 is 17.4 Å². The third kappa shape index (κ3) is 2.10. The Balaban J connectivity index is 3.03. The van der Waals surface area contributed by atoms with Gasteiger partial charge in [0.1, 0.15) is 0 Å². The van der Waals surface area contributed by atoms with Crippen LogP contribution in [0.15, 0.2) is 24.3 Å². The highest BCUT2D eigenvalue weighted by Crippen LogP contribution is 2.14. The summed E-state index contributed by atoms with van der Waals surface area (Å²) in [7, 11) is 0. The van der Waals surface area contributed by atoms with Crippen LogP contribution in [0.25, 0.3) is 0 Å².